The minimum Gasteiger partial charge on any atom is -0.480 e. The van der Waals surface area contributed by atoms with Crippen LogP contribution in [0.3, 0.4) is 0 Å². The van der Waals surface area contributed by atoms with Crippen molar-refractivity contribution in [2.75, 3.05) is 24.5 Å². The van der Waals surface area contributed by atoms with Crippen LogP contribution in [0.25, 0.3) is 0 Å². The first-order valence-electron chi connectivity index (χ1n) is 6.09. The fourth-order valence-electron chi connectivity index (χ4n) is 2.25. The normalized spacial score (nSPS) is 13.8. The molecule has 2 N–H and O–H groups in total. The van der Waals surface area contributed by atoms with Gasteiger partial charge in [0.1, 0.15) is 12.4 Å². The number of hydrogen-bond acceptors (Lipinski definition) is 3. The molecule has 0 atom stereocenters. The third-order valence-corrected chi connectivity index (χ3v) is 3.03. The van der Waals surface area contributed by atoms with Crippen molar-refractivity contribution < 1.29 is 19.1 Å². The minimum absolute atomic E-state index is 0.0266. The smallest absolute Gasteiger partial charge is 0.322 e. The maximum atomic E-state index is 13.8. The van der Waals surface area contributed by atoms with Crippen LogP contribution < -0.4 is 10.2 Å². The molecule has 1 amide bonds. The van der Waals surface area contributed by atoms with Gasteiger partial charge in [0.2, 0.25) is 5.91 Å². The Morgan fingerprint density at radius 3 is 2.95 bits per heavy atom. The number of aryl methyl sites for hydroxylation is 1. The molecule has 2 rings (SSSR count). The summed E-state index contributed by atoms with van der Waals surface area (Å²) in [5.74, 6) is -1.86. The van der Waals surface area contributed by atoms with Crippen molar-refractivity contribution in [1.82, 2.24) is 5.32 Å². The monoisotopic (exact) mass is 266 g/mol. The molecule has 6 heteroatoms. The Morgan fingerprint density at radius 1 is 1.42 bits per heavy atom. The van der Waals surface area contributed by atoms with E-state index in [0.29, 0.717) is 12.2 Å². The van der Waals surface area contributed by atoms with E-state index in [4.69, 9.17) is 5.11 Å². The van der Waals surface area contributed by atoms with Crippen LogP contribution in [0.5, 0.6) is 0 Å². The highest BCUT2D eigenvalue weighted by Crippen LogP contribution is 2.29. The number of rotatable bonds is 4. The number of aliphatic carboxylic acids is 1. The maximum absolute atomic E-state index is 13.8. The van der Waals surface area contributed by atoms with E-state index in [1.807, 2.05) is 6.07 Å². The van der Waals surface area contributed by atoms with Crippen molar-refractivity contribution in [3.8, 4) is 0 Å². The van der Waals surface area contributed by atoms with Gasteiger partial charge in [-0.25, -0.2) is 4.39 Å². The second-order valence-electron chi connectivity index (χ2n) is 4.44. The lowest BCUT2D eigenvalue weighted by Crippen LogP contribution is -2.41. The van der Waals surface area contributed by atoms with E-state index in [-0.39, 0.29) is 12.4 Å². The Morgan fingerprint density at radius 2 is 2.21 bits per heavy atom. The van der Waals surface area contributed by atoms with Crippen LogP contribution in [-0.4, -0.2) is 36.6 Å². The predicted octanol–water partition coefficient (Wildman–Crippen LogP) is 0.779. The summed E-state index contributed by atoms with van der Waals surface area (Å²) in [4.78, 5) is 23.6. The molecule has 1 aromatic rings. The van der Waals surface area contributed by atoms with Gasteiger partial charge < -0.3 is 15.3 Å². The number of para-hydroxylation sites is 1. The molecule has 1 aliphatic heterocycles. The summed E-state index contributed by atoms with van der Waals surface area (Å²) in [7, 11) is 0. The van der Waals surface area contributed by atoms with Gasteiger partial charge in [-0.1, -0.05) is 12.1 Å². The maximum Gasteiger partial charge on any atom is 0.322 e. The van der Waals surface area contributed by atoms with Crippen molar-refractivity contribution >= 4 is 17.6 Å². The second-order valence-corrected chi connectivity index (χ2v) is 4.44. The number of carbonyl (C=O) groups is 2. The highest BCUT2D eigenvalue weighted by Gasteiger charge is 2.22. The molecule has 1 aromatic carbocycles. The van der Waals surface area contributed by atoms with Gasteiger partial charge in [-0.3, -0.25) is 9.59 Å². The molecule has 102 valence electrons. The average molecular weight is 266 g/mol. The molecule has 1 aliphatic rings. The lowest BCUT2D eigenvalue weighted by molar-refractivity contribution is -0.137. The number of carboxylic acid groups (broad SMARTS) is 1. The van der Waals surface area contributed by atoms with Crippen LogP contribution in [0.1, 0.15) is 12.0 Å². The zero-order valence-corrected chi connectivity index (χ0v) is 10.4. The molecular formula is C13H15FN2O3. The van der Waals surface area contributed by atoms with E-state index in [1.165, 1.54) is 6.07 Å². The van der Waals surface area contributed by atoms with Crippen LogP contribution >= 0.6 is 0 Å². The first-order chi connectivity index (χ1) is 9.08. The number of nitrogens with zero attached hydrogens (tertiary/aromatic N) is 1. The Bertz CT molecular complexity index is 505. The molecule has 5 nitrogen and oxygen atoms in total. The van der Waals surface area contributed by atoms with Gasteiger partial charge in [0.15, 0.2) is 0 Å². The SMILES string of the molecule is O=C(O)CNC(=O)CN1CCCc2cccc(F)c21. The summed E-state index contributed by atoms with van der Waals surface area (Å²) in [6.07, 6.45) is 1.64. The Balaban J connectivity index is 2.07. The highest BCUT2D eigenvalue weighted by atomic mass is 19.1. The van der Waals surface area contributed by atoms with Crippen molar-refractivity contribution in [2.24, 2.45) is 0 Å². The highest BCUT2D eigenvalue weighted by molar-refractivity contribution is 5.85. The van der Waals surface area contributed by atoms with Crippen LogP contribution in [0.2, 0.25) is 0 Å². The minimum atomic E-state index is -1.10. The molecule has 0 aromatic heterocycles. The van der Waals surface area contributed by atoms with Gasteiger partial charge in [0.25, 0.3) is 0 Å². The van der Waals surface area contributed by atoms with E-state index in [9.17, 15) is 14.0 Å². The average Bonchev–Trinajstić information content (AvgIpc) is 2.37. The number of amides is 1. The van der Waals surface area contributed by atoms with Crippen LogP contribution in [0, 0.1) is 5.82 Å². The number of anilines is 1. The van der Waals surface area contributed by atoms with E-state index < -0.39 is 18.4 Å². The van der Waals surface area contributed by atoms with Crippen LogP contribution in [-0.2, 0) is 16.0 Å². The zero-order valence-electron chi connectivity index (χ0n) is 10.4. The predicted molar refractivity (Wildman–Crippen MR) is 67.6 cm³/mol. The summed E-state index contributed by atoms with van der Waals surface area (Å²) in [5.41, 5.74) is 1.34. The molecule has 0 spiro atoms. The van der Waals surface area contributed by atoms with Gasteiger partial charge in [0.05, 0.1) is 12.2 Å². The number of carbonyl (C=O) groups excluding carboxylic acids is 1. The summed E-state index contributed by atoms with van der Waals surface area (Å²) < 4.78 is 13.8. The largest absolute Gasteiger partial charge is 0.480 e. The number of nitrogens with one attached hydrogen (secondary N) is 1. The quantitative estimate of drug-likeness (QED) is 0.845. The standard InChI is InChI=1S/C13H15FN2O3/c14-10-5-1-3-9-4-2-6-16(13(9)10)8-11(17)15-7-12(18)19/h1,3,5H,2,4,6-8H2,(H,15,17)(H,18,19). The van der Waals surface area contributed by atoms with Gasteiger partial charge >= 0.3 is 5.97 Å². The topological polar surface area (TPSA) is 69.6 Å². The van der Waals surface area contributed by atoms with Crippen molar-refractivity contribution in [3.05, 3.63) is 29.6 Å². The zero-order chi connectivity index (χ0) is 13.8. The Labute approximate surface area is 110 Å². The molecule has 0 aliphatic carbocycles. The number of benzene rings is 1. The summed E-state index contributed by atoms with van der Waals surface area (Å²) >= 11 is 0. The van der Waals surface area contributed by atoms with Gasteiger partial charge in [-0.2, -0.15) is 0 Å². The van der Waals surface area contributed by atoms with Crippen LogP contribution in [0.15, 0.2) is 18.2 Å². The Hall–Kier alpha value is -2.11. The molecule has 0 saturated carbocycles. The third-order valence-electron chi connectivity index (χ3n) is 3.03. The van der Waals surface area contributed by atoms with E-state index in [0.717, 1.165) is 18.4 Å². The molecule has 0 radical (unpaired) electrons. The first-order valence-corrected chi connectivity index (χ1v) is 6.09. The summed E-state index contributed by atoms with van der Waals surface area (Å²) in [5, 5.41) is 10.8. The van der Waals surface area contributed by atoms with E-state index in [1.54, 1.807) is 11.0 Å². The fourth-order valence-corrected chi connectivity index (χ4v) is 2.25. The van der Waals surface area contributed by atoms with E-state index >= 15 is 0 Å². The molecular weight excluding hydrogens is 251 g/mol. The lowest BCUT2D eigenvalue weighted by atomic mass is 10.0. The molecule has 1 heterocycles. The second kappa shape index (κ2) is 5.69. The molecule has 19 heavy (non-hydrogen) atoms. The number of hydrogen-bond donors (Lipinski definition) is 2. The summed E-state index contributed by atoms with van der Waals surface area (Å²) in [6, 6.07) is 4.87. The number of halogens is 1. The van der Waals surface area contributed by atoms with E-state index in [2.05, 4.69) is 5.32 Å². The molecule has 0 bridgehead atoms. The van der Waals surface area contributed by atoms with Crippen molar-refractivity contribution in [1.29, 1.82) is 0 Å². The van der Waals surface area contributed by atoms with Crippen molar-refractivity contribution in [3.63, 3.8) is 0 Å². The van der Waals surface area contributed by atoms with Crippen LogP contribution in [0.4, 0.5) is 10.1 Å². The lowest BCUT2D eigenvalue weighted by Gasteiger charge is -2.30. The number of fused-ring (bicyclic) bond motifs is 1. The van der Waals surface area contributed by atoms with Gasteiger partial charge in [0, 0.05) is 6.54 Å². The first kappa shape index (κ1) is 13.3. The van der Waals surface area contributed by atoms with Gasteiger partial charge in [-0.05, 0) is 24.5 Å². The molecule has 0 fully saturated rings. The van der Waals surface area contributed by atoms with Gasteiger partial charge in [-0.15, -0.1) is 0 Å². The number of carboxylic acids is 1. The molecule has 0 unspecified atom stereocenters. The third kappa shape index (κ3) is 3.21. The Kier molecular flexibility index (Phi) is 3.99. The van der Waals surface area contributed by atoms with Crippen molar-refractivity contribution in [2.45, 2.75) is 12.8 Å². The fraction of sp³-hybridized carbons (Fsp3) is 0.385. The molecule has 0 saturated heterocycles. The summed E-state index contributed by atoms with van der Waals surface area (Å²) in [6.45, 7) is 0.145.